The molecule has 76 valence electrons. The Morgan fingerprint density at radius 3 is 2.79 bits per heavy atom. The minimum atomic E-state index is -2.83. The van der Waals surface area contributed by atoms with E-state index in [1.165, 1.54) is 12.2 Å². The van der Waals surface area contributed by atoms with Crippen molar-refractivity contribution in [2.24, 2.45) is 5.73 Å². The molecule has 2 unspecified atom stereocenters. The first-order valence-corrected chi connectivity index (χ1v) is 4.74. The number of hydrogen-bond acceptors (Lipinski definition) is 5. The van der Waals surface area contributed by atoms with Crippen LogP contribution in [0.1, 0.15) is 6.42 Å². The number of nitro groups is 1. The third kappa shape index (κ3) is 2.68. The Morgan fingerprint density at radius 2 is 2.43 bits per heavy atom. The van der Waals surface area contributed by atoms with Crippen molar-refractivity contribution in [1.29, 1.82) is 0 Å². The number of allylic oxidation sites excluding steroid dienone is 1. The Kier molecular flexibility index (Phi) is 3.07. The van der Waals surface area contributed by atoms with Gasteiger partial charge in [-0.1, -0.05) is 4.52 Å². The Morgan fingerprint density at radius 1 is 1.79 bits per heavy atom. The van der Waals surface area contributed by atoms with Crippen molar-refractivity contribution in [2.45, 2.75) is 12.1 Å². The van der Waals surface area contributed by atoms with Crippen LogP contribution in [0.2, 0.25) is 0 Å². The Balaban J connectivity index is 2.72. The highest BCUT2D eigenvalue weighted by molar-refractivity contribution is 7.32. The molecule has 0 aromatic rings. The maximum Gasteiger partial charge on any atom is 0.697 e. The summed E-state index contributed by atoms with van der Waals surface area (Å²) >= 11 is 0. The monoisotopic (exact) mass is 219 g/mol. The predicted octanol–water partition coefficient (Wildman–Crippen LogP) is 0.428. The minimum Gasteiger partial charge on any atom is -0.296 e. The average Bonchev–Trinajstić information content (AvgIpc) is 2.02. The van der Waals surface area contributed by atoms with Crippen molar-refractivity contribution in [2.75, 3.05) is 0 Å². The van der Waals surface area contributed by atoms with Crippen molar-refractivity contribution in [3.63, 3.8) is 0 Å². The van der Waals surface area contributed by atoms with Gasteiger partial charge in [0.25, 0.3) is 5.70 Å². The van der Waals surface area contributed by atoms with Crippen LogP contribution in [0.25, 0.3) is 0 Å². The fourth-order valence-corrected chi connectivity index (χ4v) is 1.40. The number of nitrogens with zero attached hydrogens (tertiary/aromatic N) is 1. The van der Waals surface area contributed by atoms with E-state index in [2.05, 4.69) is 4.52 Å². The lowest BCUT2D eigenvalue weighted by Crippen LogP contribution is -2.39. The normalized spacial score (nSPS) is 27.0. The van der Waals surface area contributed by atoms with Gasteiger partial charge in [-0.2, -0.15) is 0 Å². The van der Waals surface area contributed by atoms with Crippen molar-refractivity contribution in [3.05, 3.63) is 34.0 Å². The molecule has 1 aliphatic carbocycles. The zero-order valence-corrected chi connectivity index (χ0v) is 7.89. The highest BCUT2D eigenvalue weighted by atomic mass is 31.1. The van der Waals surface area contributed by atoms with Crippen LogP contribution in [0.5, 0.6) is 0 Å². The van der Waals surface area contributed by atoms with E-state index in [1.807, 2.05) is 0 Å². The second-order valence-electron chi connectivity index (χ2n) is 2.71. The summed E-state index contributed by atoms with van der Waals surface area (Å²) in [4.78, 5) is 18.2. The molecule has 8 heteroatoms. The molecule has 0 aromatic carbocycles. The molecule has 0 aliphatic heterocycles. The van der Waals surface area contributed by atoms with Crippen molar-refractivity contribution in [3.8, 4) is 0 Å². The maximum absolute atomic E-state index is 10.3. The summed E-state index contributed by atoms with van der Waals surface area (Å²) in [6.07, 6.45) is 3.55. The highest BCUT2D eigenvalue weighted by Crippen LogP contribution is 2.29. The number of hydrogen-bond donors (Lipinski definition) is 2. The van der Waals surface area contributed by atoms with E-state index in [0.717, 1.165) is 6.08 Å². The average molecular weight is 219 g/mol. The number of nitrogens with two attached hydrogens (primary N) is 1. The van der Waals surface area contributed by atoms with Gasteiger partial charge in [0.2, 0.25) is 0 Å². The summed E-state index contributed by atoms with van der Waals surface area (Å²) in [5.74, 6) is 0. The second kappa shape index (κ2) is 3.93. The molecule has 14 heavy (non-hydrogen) atoms. The Bertz CT molecular complexity index is 339. The molecule has 0 aromatic heterocycles. The van der Waals surface area contributed by atoms with E-state index in [9.17, 15) is 14.7 Å². The van der Waals surface area contributed by atoms with Gasteiger partial charge in [-0.05, 0) is 12.2 Å². The third-order valence-corrected chi connectivity index (χ3v) is 2.12. The Labute approximate surface area is 80.0 Å². The van der Waals surface area contributed by atoms with Crippen LogP contribution >= 0.6 is 8.25 Å². The van der Waals surface area contributed by atoms with E-state index in [1.54, 1.807) is 0 Å². The highest BCUT2D eigenvalue weighted by Gasteiger charge is 2.36. The first-order valence-electron chi connectivity index (χ1n) is 3.61. The fourth-order valence-electron chi connectivity index (χ4n) is 0.975. The summed E-state index contributed by atoms with van der Waals surface area (Å²) < 4.78 is 14.8. The summed E-state index contributed by atoms with van der Waals surface area (Å²) in [5.41, 5.74) is 3.97. The van der Waals surface area contributed by atoms with Gasteiger partial charge in [0.15, 0.2) is 5.72 Å². The van der Waals surface area contributed by atoms with E-state index in [4.69, 9.17) is 10.6 Å². The van der Waals surface area contributed by atoms with Gasteiger partial charge in [-0.15, -0.1) is 4.89 Å². The molecular weight excluding hydrogens is 211 g/mol. The van der Waals surface area contributed by atoms with Crippen molar-refractivity contribution < 1.29 is 18.9 Å². The molecule has 3 N–H and O–H groups in total. The van der Waals surface area contributed by atoms with Crippen LogP contribution in [-0.4, -0.2) is 15.5 Å². The Hall–Kier alpha value is -1.14. The van der Waals surface area contributed by atoms with Crippen LogP contribution in [0.15, 0.2) is 23.9 Å². The number of rotatable bonds is 3. The van der Waals surface area contributed by atoms with Gasteiger partial charge in [0, 0.05) is 17.1 Å². The first kappa shape index (κ1) is 10.9. The molecule has 0 bridgehead atoms. The molecule has 0 fully saturated rings. The molecular formula is C6H8N2O5P+. The van der Waals surface area contributed by atoms with Gasteiger partial charge in [0.05, 0.1) is 4.92 Å². The first-order chi connectivity index (χ1) is 6.43. The summed E-state index contributed by atoms with van der Waals surface area (Å²) in [7, 11) is -2.83. The zero-order valence-electron chi connectivity index (χ0n) is 6.99. The van der Waals surface area contributed by atoms with Crippen LogP contribution in [0, 0.1) is 10.1 Å². The van der Waals surface area contributed by atoms with Crippen LogP contribution < -0.4 is 5.73 Å². The topological polar surface area (TPSA) is 116 Å². The van der Waals surface area contributed by atoms with Crippen molar-refractivity contribution >= 4 is 8.25 Å². The fraction of sp³-hybridized carbons (Fsp3) is 0.333. The lowest BCUT2D eigenvalue weighted by atomic mass is 10.0. The van der Waals surface area contributed by atoms with Crippen molar-refractivity contribution in [1.82, 2.24) is 0 Å². The van der Waals surface area contributed by atoms with Gasteiger partial charge in [-0.3, -0.25) is 15.8 Å². The molecule has 0 spiro atoms. The lowest BCUT2D eigenvalue weighted by molar-refractivity contribution is -0.419. The predicted molar refractivity (Wildman–Crippen MR) is 46.7 cm³/mol. The van der Waals surface area contributed by atoms with Gasteiger partial charge in [-0.25, -0.2) is 0 Å². The molecule has 0 saturated heterocycles. The largest absolute Gasteiger partial charge is 0.697 e. The summed E-state index contributed by atoms with van der Waals surface area (Å²) in [6, 6.07) is 0. The summed E-state index contributed by atoms with van der Waals surface area (Å²) in [5, 5.41) is 10.3. The standard InChI is InChI=1S/C6H7N2O5P/c7-6(13-14(11)12)3-1-5(2-4-6)8(9)10/h1-3H,4,7H2/p+1. The van der Waals surface area contributed by atoms with Crippen LogP contribution in [0.4, 0.5) is 0 Å². The second-order valence-corrected chi connectivity index (χ2v) is 3.37. The molecule has 0 saturated carbocycles. The quantitative estimate of drug-likeness (QED) is 0.307. The molecule has 0 heterocycles. The summed E-state index contributed by atoms with van der Waals surface area (Å²) in [6.45, 7) is 0. The molecule has 2 atom stereocenters. The third-order valence-electron chi connectivity index (χ3n) is 1.63. The van der Waals surface area contributed by atoms with E-state index in [-0.39, 0.29) is 12.1 Å². The molecule has 0 amide bonds. The van der Waals surface area contributed by atoms with E-state index >= 15 is 0 Å². The minimum absolute atomic E-state index is 0.0125. The maximum atomic E-state index is 10.3. The van der Waals surface area contributed by atoms with E-state index < -0.39 is 18.9 Å². The van der Waals surface area contributed by atoms with E-state index in [0.29, 0.717) is 0 Å². The van der Waals surface area contributed by atoms with Gasteiger partial charge >= 0.3 is 8.25 Å². The molecule has 1 rings (SSSR count). The zero-order chi connectivity index (χ0) is 10.8. The van der Waals surface area contributed by atoms with Gasteiger partial charge < -0.3 is 0 Å². The lowest BCUT2D eigenvalue weighted by Gasteiger charge is -2.18. The molecule has 0 radical (unpaired) electrons. The molecule has 7 nitrogen and oxygen atoms in total. The smallest absolute Gasteiger partial charge is 0.296 e. The molecule has 1 aliphatic rings. The SMILES string of the molecule is NC1(O[P+](=O)O)C=CC([N+](=O)[O-])=CC1. The van der Waals surface area contributed by atoms with Crippen LogP contribution in [-0.2, 0) is 9.09 Å². The van der Waals surface area contributed by atoms with Gasteiger partial charge in [0.1, 0.15) is 0 Å². The van der Waals surface area contributed by atoms with Crippen LogP contribution in [0.3, 0.4) is 0 Å².